The molecule has 2 N–H and O–H groups in total. The first kappa shape index (κ1) is 13.3. The number of hydrogen-bond acceptors (Lipinski definition) is 6. The first-order chi connectivity index (χ1) is 9.53. The quantitative estimate of drug-likeness (QED) is 0.817. The molecule has 1 atom stereocenters. The van der Waals surface area contributed by atoms with E-state index in [-0.39, 0.29) is 6.04 Å². The van der Waals surface area contributed by atoms with Gasteiger partial charge < -0.3 is 4.90 Å². The smallest absolute Gasteiger partial charge is 0.209 e. The molecule has 0 spiro atoms. The topological polar surface area (TPSA) is 104 Å². The van der Waals surface area contributed by atoms with Crippen molar-refractivity contribution in [1.82, 2.24) is 24.9 Å². The van der Waals surface area contributed by atoms with E-state index in [1.807, 2.05) is 0 Å². The number of aromatic amines is 1. The van der Waals surface area contributed by atoms with Crippen LogP contribution in [0.25, 0.3) is 11.0 Å². The largest absolute Gasteiger partial charge is 0.354 e. The second-order valence-corrected chi connectivity index (χ2v) is 6.78. The molecule has 1 aliphatic rings. The van der Waals surface area contributed by atoms with Crippen LogP contribution >= 0.6 is 0 Å². The molecule has 0 aliphatic carbocycles. The van der Waals surface area contributed by atoms with E-state index in [9.17, 15) is 8.42 Å². The minimum Gasteiger partial charge on any atom is -0.354 e. The Bertz CT molecular complexity index is 713. The van der Waals surface area contributed by atoms with Gasteiger partial charge in [0.05, 0.1) is 17.8 Å². The number of nitrogens with one attached hydrogen (secondary N) is 2. The molecule has 8 nitrogen and oxygen atoms in total. The summed E-state index contributed by atoms with van der Waals surface area (Å²) in [7, 11) is -3.19. The van der Waals surface area contributed by atoms with Crippen molar-refractivity contribution in [2.24, 2.45) is 0 Å². The van der Waals surface area contributed by atoms with Gasteiger partial charge in [0.15, 0.2) is 5.65 Å². The summed E-state index contributed by atoms with van der Waals surface area (Å²) in [5.74, 6) is 0.795. The second kappa shape index (κ2) is 4.98. The van der Waals surface area contributed by atoms with Crippen molar-refractivity contribution >= 4 is 26.9 Å². The molecule has 0 radical (unpaired) electrons. The van der Waals surface area contributed by atoms with E-state index in [0.29, 0.717) is 12.2 Å². The van der Waals surface area contributed by atoms with Crippen LogP contribution in [0.4, 0.5) is 5.82 Å². The number of piperidine rings is 1. The lowest BCUT2D eigenvalue weighted by Crippen LogP contribution is -2.47. The number of anilines is 1. The third-order valence-corrected chi connectivity index (χ3v) is 4.09. The monoisotopic (exact) mass is 296 g/mol. The lowest BCUT2D eigenvalue weighted by molar-refractivity contribution is 0.466. The van der Waals surface area contributed by atoms with Crippen LogP contribution in [-0.2, 0) is 10.0 Å². The average Bonchev–Trinajstić information content (AvgIpc) is 2.85. The van der Waals surface area contributed by atoms with Crippen molar-refractivity contribution in [2.75, 3.05) is 24.2 Å². The van der Waals surface area contributed by atoms with Crippen LogP contribution in [0.15, 0.2) is 12.5 Å². The number of aromatic nitrogens is 4. The molecule has 1 aliphatic heterocycles. The van der Waals surface area contributed by atoms with Gasteiger partial charge in [-0.05, 0) is 12.8 Å². The van der Waals surface area contributed by atoms with Crippen molar-refractivity contribution in [1.29, 1.82) is 0 Å². The van der Waals surface area contributed by atoms with Crippen molar-refractivity contribution in [3.05, 3.63) is 12.5 Å². The minimum absolute atomic E-state index is 0.0873. The molecule has 2 aromatic heterocycles. The molecule has 0 unspecified atom stereocenters. The normalized spacial score (nSPS) is 20.4. The van der Waals surface area contributed by atoms with Gasteiger partial charge in [0.2, 0.25) is 10.0 Å². The average molecular weight is 296 g/mol. The fourth-order valence-corrected chi connectivity index (χ4v) is 3.37. The molecule has 3 heterocycles. The van der Waals surface area contributed by atoms with Crippen LogP contribution in [0.3, 0.4) is 0 Å². The molecule has 0 amide bonds. The zero-order valence-corrected chi connectivity index (χ0v) is 11.9. The molecule has 2 aromatic rings. The van der Waals surface area contributed by atoms with E-state index < -0.39 is 10.0 Å². The van der Waals surface area contributed by atoms with Gasteiger partial charge in [-0.3, -0.25) is 5.10 Å². The molecule has 0 saturated carbocycles. The molecule has 0 bridgehead atoms. The molecule has 108 valence electrons. The SMILES string of the molecule is CS(=O)(=O)N[C@@H]1CCCN(c2ncnc3[nH]ncc23)C1. The van der Waals surface area contributed by atoms with Crippen molar-refractivity contribution in [3.8, 4) is 0 Å². The van der Waals surface area contributed by atoms with Gasteiger partial charge >= 0.3 is 0 Å². The number of nitrogens with zero attached hydrogens (tertiary/aromatic N) is 4. The Labute approximate surface area is 116 Å². The molecular weight excluding hydrogens is 280 g/mol. The Morgan fingerprint density at radius 2 is 2.30 bits per heavy atom. The van der Waals surface area contributed by atoms with Crippen LogP contribution < -0.4 is 9.62 Å². The maximum absolute atomic E-state index is 11.3. The second-order valence-electron chi connectivity index (χ2n) is 5.00. The number of fused-ring (bicyclic) bond motifs is 1. The summed E-state index contributed by atoms with van der Waals surface area (Å²) >= 11 is 0. The standard InChI is InChI=1S/C11H16N6O2S/c1-20(18,19)16-8-3-2-4-17(6-8)11-9-5-14-15-10(9)12-7-13-11/h5,7-8,16H,2-4,6H2,1H3,(H,12,13,14,15)/t8-/m1/s1. The van der Waals surface area contributed by atoms with Gasteiger partial charge in [0, 0.05) is 19.1 Å². The fourth-order valence-electron chi connectivity index (χ4n) is 2.57. The predicted octanol–water partition coefficient (Wildman–Crippen LogP) is -0.129. The van der Waals surface area contributed by atoms with E-state index in [1.165, 1.54) is 12.6 Å². The lowest BCUT2D eigenvalue weighted by atomic mass is 10.1. The molecular formula is C11H16N6O2S. The van der Waals surface area contributed by atoms with Crippen molar-refractivity contribution in [2.45, 2.75) is 18.9 Å². The number of H-pyrrole nitrogens is 1. The number of sulfonamides is 1. The van der Waals surface area contributed by atoms with Gasteiger partial charge in [-0.25, -0.2) is 23.1 Å². The summed E-state index contributed by atoms with van der Waals surface area (Å²) in [5.41, 5.74) is 0.688. The van der Waals surface area contributed by atoms with Gasteiger partial charge in [0.25, 0.3) is 0 Å². The highest BCUT2D eigenvalue weighted by Crippen LogP contribution is 2.24. The van der Waals surface area contributed by atoms with Crippen molar-refractivity contribution < 1.29 is 8.42 Å². The first-order valence-corrected chi connectivity index (χ1v) is 8.28. The molecule has 1 saturated heterocycles. The van der Waals surface area contributed by atoms with Gasteiger partial charge in [-0.2, -0.15) is 5.10 Å². The third-order valence-electron chi connectivity index (χ3n) is 3.33. The third kappa shape index (κ3) is 2.73. The molecule has 9 heteroatoms. The highest BCUT2D eigenvalue weighted by Gasteiger charge is 2.24. The Morgan fingerprint density at radius 3 is 3.10 bits per heavy atom. The van der Waals surface area contributed by atoms with Crippen LogP contribution in [0.5, 0.6) is 0 Å². The lowest BCUT2D eigenvalue weighted by Gasteiger charge is -2.33. The van der Waals surface area contributed by atoms with E-state index >= 15 is 0 Å². The van der Waals surface area contributed by atoms with Crippen molar-refractivity contribution in [3.63, 3.8) is 0 Å². The molecule has 1 fully saturated rings. The summed E-state index contributed by atoms with van der Waals surface area (Å²) in [6, 6.07) is -0.0873. The summed E-state index contributed by atoms with van der Waals surface area (Å²) < 4.78 is 25.4. The van der Waals surface area contributed by atoms with Gasteiger partial charge in [-0.15, -0.1) is 0 Å². The van der Waals surface area contributed by atoms with Crippen LogP contribution in [0, 0.1) is 0 Å². The predicted molar refractivity (Wildman–Crippen MR) is 74.9 cm³/mol. The first-order valence-electron chi connectivity index (χ1n) is 6.39. The maximum atomic E-state index is 11.3. The summed E-state index contributed by atoms with van der Waals surface area (Å²) in [4.78, 5) is 10.5. The Morgan fingerprint density at radius 1 is 1.45 bits per heavy atom. The highest BCUT2D eigenvalue weighted by atomic mass is 32.2. The Balaban J connectivity index is 1.85. The van der Waals surface area contributed by atoms with E-state index in [1.54, 1.807) is 6.20 Å². The Kier molecular flexibility index (Phi) is 3.30. The van der Waals surface area contributed by atoms with E-state index in [0.717, 1.165) is 30.6 Å². The summed E-state index contributed by atoms with van der Waals surface area (Å²) in [6.45, 7) is 1.45. The minimum atomic E-state index is -3.19. The molecule has 0 aromatic carbocycles. The fraction of sp³-hybridized carbons (Fsp3) is 0.545. The molecule has 20 heavy (non-hydrogen) atoms. The Hall–Kier alpha value is -1.74. The van der Waals surface area contributed by atoms with Gasteiger partial charge in [-0.1, -0.05) is 0 Å². The van der Waals surface area contributed by atoms with Gasteiger partial charge in [0.1, 0.15) is 12.1 Å². The summed E-state index contributed by atoms with van der Waals surface area (Å²) in [5, 5.41) is 7.63. The van der Waals surface area contributed by atoms with E-state index in [2.05, 4.69) is 29.8 Å². The zero-order chi connectivity index (χ0) is 14.2. The number of rotatable bonds is 3. The summed E-state index contributed by atoms with van der Waals surface area (Å²) in [6.07, 6.45) is 6.12. The van der Waals surface area contributed by atoms with Crippen LogP contribution in [-0.4, -0.2) is 54.0 Å². The maximum Gasteiger partial charge on any atom is 0.209 e. The van der Waals surface area contributed by atoms with Crippen LogP contribution in [0.2, 0.25) is 0 Å². The van der Waals surface area contributed by atoms with Crippen LogP contribution in [0.1, 0.15) is 12.8 Å². The van der Waals surface area contributed by atoms with E-state index in [4.69, 9.17) is 0 Å². The highest BCUT2D eigenvalue weighted by molar-refractivity contribution is 7.88. The molecule has 3 rings (SSSR count). The zero-order valence-electron chi connectivity index (χ0n) is 11.1. The number of hydrogen-bond donors (Lipinski definition) is 2.